The largest absolute Gasteiger partial charge is 0.345 e. The number of amides is 2. The first-order chi connectivity index (χ1) is 10.1. The molecule has 1 saturated heterocycles. The molecule has 1 N–H and O–H groups in total. The topological polar surface area (TPSA) is 49.4 Å². The number of nitrogens with one attached hydrogen (secondary N) is 1. The van der Waals surface area contributed by atoms with Gasteiger partial charge in [-0.1, -0.05) is 38.1 Å². The van der Waals surface area contributed by atoms with Gasteiger partial charge in [0.05, 0.1) is 6.54 Å². The SMILES string of the molecule is CCC1(CC)C(=O)NCC(=O)N1CC1Cc2ccccc21. The van der Waals surface area contributed by atoms with E-state index < -0.39 is 5.54 Å². The Morgan fingerprint density at radius 3 is 2.62 bits per heavy atom. The Kier molecular flexibility index (Phi) is 3.47. The molecule has 3 rings (SSSR count). The summed E-state index contributed by atoms with van der Waals surface area (Å²) in [6.07, 6.45) is 2.33. The molecule has 112 valence electrons. The van der Waals surface area contributed by atoms with Gasteiger partial charge in [0.15, 0.2) is 0 Å². The monoisotopic (exact) mass is 286 g/mol. The van der Waals surface area contributed by atoms with Crippen molar-refractivity contribution in [1.82, 2.24) is 10.2 Å². The Balaban J connectivity index is 1.85. The molecule has 1 aliphatic heterocycles. The van der Waals surface area contributed by atoms with Crippen molar-refractivity contribution in [2.45, 2.75) is 44.6 Å². The highest BCUT2D eigenvalue weighted by atomic mass is 16.2. The summed E-state index contributed by atoms with van der Waals surface area (Å²) in [5.74, 6) is 0.413. The first-order valence-electron chi connectivity index (χ1n) is 7.79. The minimum atomic E-state index is -0.667. The number of piperazine rings is 1. The van der Waals surface area contributed by atoms with E-state index in [-0.39, 0.29) is 18.4 Å². The van der Waals surface area contributed by atoms with E-state index in [4.69, 9.17) is 0 Å². The van der Waals surface area contributed by atoms with Crippen LogP contribution < -0.4 is 5.32 Å². The molecule has 1 aliphatic carbocycles. The minimum absolute atomic E-state index is 0.000270. The molecule has 1 unspecified atom stereocenters. The highest BCUT2D eigenvalue weighted by Crippen LogP contribution is 2.38. The van der Waals surface area contributed by atoms with E-state index in [2.05, 4.69) is 23.5 Å². The van der Waals surface area contributed by atoms with Gasteiger partial charge in [0.1, 0.15) is 5.54 Å². The summed E-state index contributed by atoms with van der Waals surface area (Å²) in [4.78, 5) is 26.6. The van der Waals surface area contributed by atoms with Gasteiger partial charge in [-0.15, -0.1) is 0 Å². The summed E-state index contributed by atoms with van der Waals surface area (Å²) < 4.78 is 0. The molecule has 1 aromatic rings. The maximum absolute atomic E-state index is 12.4. The lowest BCUT2D eigenvalue weighted by Crippen LogP contribution is -2.67. The van der Waals surface area contributed by atoms with Gasteiger partial charge in [0, 0.05) is 12.5 Å². The molecule has 0 aromatic heterocycles. The van der Waals surface area contributed by atoms with Gasteiger partial charge >= 0.3 is 0 Å². The van der Waals surface area contributed by atoms with E-state index in [1.165, 1.54) is 11.1 Å². The number of rotatable bonds is 4. The highest BCUT2D eigenvalue weighted by molar-refractivity contribution is 5.98. The Morgan fingerprint density at radius 2 is 1.95 bits per heavy atom. The average Bonchev–Trinajstić information content (AvgIpc) is 2.48. The number of carbonyl (C=O) groups excluding carboxylic acids is 2. The third-order valence-electron chi connectivity index (χ3n) is 5.17. The number of carbonyl (C=O) groups is 2. The molecule has 1 heterocycles. The Morgan fingerprint density at radius 1 is 1.24 bits per heavy atom. The number of hydrogen-bond donors (Lipinski definition) is 1. The van der Waals surface area contributed by atoms with Gasteiger partial charge in [-0.05, 0) is 30.4 Å². The summed E-state index contributed by atoms with van der Waals surface area (Å²) in [6.45, 7) is 4.77. The second-order valence-electron chi connectivity index (χ2n) is 6.03. The van der Waals surface area contributed by atoms with Crippen molar-refractivity contribution >= 4 is 11.8 Å². The van der Waals surface area contributed by atoms with E-state index in [0.717, 1.165) is 6.42 Å². The van der Waals surface area contributed by atoms with Crippen LogP contribution >= 0.6 is 0 Å². The van der Waals surface area contributed by atoms with Gasteiger partial charge in [-0.25, -0.2) is 0 Å². The predicted molar refractivity (Wildman–Crippen MR) is 80.9 cm³/mol. The van der Waals surface area contributed by atoms with Gasteiger partial charge in [-0.3, -0.25) is 9.59 Å². The molecule has 0 spiro atoms. The Bertz CT molecular complexity index is 578. The summed E-state index contributed by atoms with van der Waals surface area (Å²) in [7, 11) is 0. The van der Waals surface area contributed by atoms with Crippen LogP contribution in [0.3, 0.4) is 0 Å². The molecule has 1 fully saturated rings. The lowest BCUT2D eigenvalue weighted by molar-refractivity contribution is -0.155. The first-order valence-corrected chi connectivity index (χ1v) is 7.79. The summed E-state index contributed by atoms with van der Waals surface area (Å²) in [6, 6.07) is 8.38. The third-order valence-corrected chi connectivity index (χ3v) is 5.17. The van der Waals surface area contributed by atoms with E-state index in [9.17, 15) is 9.59 Å². The summed E-state index contributed by atoms with van der Waals surface area (Å²) >= 11 is 0. The average molecular weight is 286 g/mol. The summed E-state index contributed by atoms with van der Waals surface area (Å²) in [5, 5.41) is 2.75. The zero-order valence-corrected chi connectivity index (χ0v) is 12.7. The van der Waals surface area contributed by atoms with Crippen LogP contribution in [0.2, 0.25) is 0 Å². The lowest BCUT2D eigenvalue weighted by Gasteiger charge is -2.47. The molecule has 0 bridgehead atoms. The standard InChI is InChI=1S/C17H22N2O2/c1-3-17(4-2)16(21)18-10-15(20)19(17)11-13-9-12-7-5-6-8-14(12)13/h5-8,13H,3-4,9-11H2,1-2H3,(H,18,21). The van der Waals surface area contributed by atoms with Crippen molar-refractivity contribution in [2.75, 3.05) is 13.1 Å². The highest BCUT2D eigenvalue weighted by Gasteiger charge is 2.47. The maximum Gasteiger partial charge on any atom is 0.246 e. The molecule has 4 heteroatoms. The molecular weight excluding hydrogens is 264 g/mol. The van der Waals surface area contributed by atoms with E-state index in [0.29, 0.717) is 25.3 Å². The zero-order chi connectivity index (χ0) is 15.0. The maximum atomic E-state index is 12.4. The molecule has 2 aliphatic rings. The Hall–Kier alpha value is -1.84. The van der Waals surface area contributed by atoms with Crippen LogP contribution in [0.4, 0.5) is 0 Å². The predicted octanol–water partition coefficient (Wildman–Crippen LogP) is 1.84. The van der Waals surface area contributed by atoms with Crippen molar-refractivity contribution in [3.63, 3.8) is 0 Å². The van der Waals surface area contributed by atoms with Crippen LogP contribution in [0.1, 0.15) is 43.7 Å². The molecule has 1 aromatic carbocycles. The van der Waals surface area contributed by atoms with Crippen molar-refractivity contribution < 1.29 is 9.59 Å². The zero-order valence-electron chi connectivity index (χ0n) is 12.7. The number of nitrogens with zero attached hydrogens (tertiary/aromatic N) is 1. The molecule has 21 heavy (non-hydrogen) atoms. The van der Waals surface area contributed by atoms with Crippen molar-refractivity contribution in [3.8, 4) is 0 Å². The van der Waals surface area contributed by atoms with Crippen molar-refractivity contribution in [2.24, 2.45) is 0 Å². The molecule has 1 atom stereocenters. The normalized spacial score (nSPS) is 23.3. The fraction of sp³-hybridized carbons (Fsp3) is 0.529. The smallest absolute Gasteiger partial charge is 0.246 e. The minimum Gasteiger partial charge on any atom is -0.345 e. The second-order valence-corrected chi connectivity index (χ2v) is 6.03. The molecule has 0 saturated carbocycles. The first kappa shape index (κ1) is 14.1. The van der Waals surface area contributed by atoms with Crippen LogP contribution in [0.25, 0.3) is 0 Å². The van der Waals surface area contributed by atoms with Gasteiger partial charge in [-0.2, -0.15) is 0 Å². The fourth-order valence-corrected chi connectivity index (χ4v) is 3.75. The molecule has 2 amide bonds. The second kappa shape index (κ2) is 5.17. The lowest BCUT2D eigenvalue weighted by atomic mass is 9.76. The third kappa shape index (κ3) is 2.04. The molecule has 0 radical (unpaired) electrons. The van der Waals surface area contributed by atoms with Gasteiger partial charge < -0.3 is 10.2 Å². The fourth-order valence-electron chi connectivity index (χ4n) is 3.75. The van der Waals surface area contributed by atoms with E-state index >= 15 is 0 Å². The number of fused-ring (bicyclic) bond motifs is 1. The van der Waals surface area contributed by atoms with Crippen LogP contribution in [0, 0.1) is 0 Å². The van der Waals surface area contributed by atoms with E-state index in [1.807, 2.05) is 24.8 Å². The van der Waals surface area contributed by atoms with Crippen LogP contribution in [-0.4, -0.2) is 35.3 Å². The van der Waals surface area contributed by atoms with Crippen LogP contribution in [0.5, 0.6) is 0 Å². The van der Waals surface area contributed by atoms with E-state index in [1.54, 1.807) is 0 Å². The van der Waals surface area contributed by atoms with Crippen molar-refractivity contribution in [1.29, 1.82) is 0 Å². The molecule has 4 nitrogen and oxygen atoms in total. The quantitative estimate of drug-likeness (QED) is 0.918. The van der Waals surface area contributed by atoms with Crippen LogP contribution in [0.15, 0.2) is 24.3 Å². The van der Waals surface area contributed by atoms with Gasteiger partial charge in [0.25, 0.3) is 0 Å². The van der Waals surface area contributed by atoms with Gasteiger partial charge in [0.2, 0.25) is 11.8 Å². The Labute approximate surface area is 125 Å². The summed E-state index contributed by atoms with van der Waals surface area (Å²) in [5.41, 5.74) is 2.03. The van der Waals surface area contributed by atoms with Crippen LogP contribution in [-0.2, 0) is 16.0 Å². The van der Waals surface area contributed by atoms with Crippen molar-refractivity contribution in [3.05, 3.63) is 35.4 Å². The number of benzene rings is 1. The number of hydrogen-bond acceptors (Lipinski definition) is 2. The molecular formula is C17H22N2O2.